The van der Waals surface area contributed by atoms with Crippen LogP contribution in [0.2, 0.25) is 0 Å². The molecule has 2 heterocycles. The van der Waals surface area contributed by atoms with Crippen molar-refractivity contribution in [1.82, 2.24) is 19.6 Å². The van der Waals surface area contributed by atoms with Gasteiger partial charge in [-0.1, -0.05) is 12.1 Å². The minimum Gasteiger partial charge on any atom is -0.304 e. The molecule has 0 amide bonds. The summed E-state index contributed by atoms with van der Waals surface area (Å²) in [6, 6.07) is 6.72. The molecule has 4 heteroatoms. The number of rotatable bonds is 4. The van der Waals surface area contributed by atoms with Gasteiger partial charge in [-0.05, 0) is 38.1 Å². The zero-order valence-electron chi connectivity index (χ0n) is 12.5. The van der Waals surface area contributed by atoms with Crippen molar-refractivity contribution < 1.29 is 0 Å². The maximum atomic E-state index is 4.30. The minimum absolute atomic E-state index is 1.16. The third-order valence-corrected chi connectivity index (χ3v) is 4.35. The van der Waals surface area contributed by atoms with Crippen LogP contribution in [0.3, 0.4) is 0 Å². The van der Waals surface area contributed by atoms with Crippen molar-refractivity contribution in [3.8, 4) is 0 Å². The van der Waals surface area contributed by atoms with E-state index >= 15 is 0 Å². The van der Waals surface area contributed by atoms with Crippen LogP contribution in [0.15, 0.2) is 24.4 Å². The van der Waals surface area contributed by atoms with E-state index in [4.69, 9.17) is 0 Å². The maximum Gasteiger partial charge on any atom is 0.0681 e. The monoisotopic (exact) mass is 272 g/mol. The van der Waals surface area contributed by atoms with Crippen LogP contribution in [0.1, 0.15) is 12.0 Å². The van der Waals surface area contributed by atoms with Gasteiger partial charge in [0.1, 0.15) is 0 Å². The maximum absolute atomic E-state index is 4.30. The number of hydrogen-bond donors (Lipinski definition) is 0. The van der Waals surface area contributed by atoms with Crippen LogP contribution in [-0.4, -0.2) is 59.4 Å². The van der Waals surface area contributed by atoms with Crippen LogP contribution in [0, 0.1) is 0 Å². The summed E-state index contributed by atoms with van der Waals surface area (Å²) in [5.41, 5.74) is 2.66. The standard InChI is InChI=1S/C16H24N4/c1-18-8-10-20(11-9-18)7-3-4-14-5-6-15-13-17-19(2)16(15)12-14/h5-6,12-13H,3-4,7-11H2,1-2H3. The average Bonchev–Trinajstić information content (AvgIpc) is 2.83. The molecule has 1 fully saturated rings. The third kappa shape index (κ3) is 3.02. The van der Waals surface area contributed by atoms with Crippen molar-refractivity contribution in [3.05, 3.63) is 30.0 Å². The van der Waals surface area contributed by atoms with Gasteiger partial charge in [-0.3, -0.25) is 4.68 Å². The minimum atomic E-state index is 1.16. The van der Waals surface area contributed by atoms with E-state index in [1.807, 2.05) is 17.9 Å². The first-order valence-electron chi connectivity index (χ1n) is 7.54. The van der Waals surface area contributed by atoms with Gasteiger partial charge in [-0.15, -0.1) is 0 Å². The quantitative estimate of drug-likeness (QED) is 0.847. The van der Waals surface area contributed by atoms with E-state index in [-0.39, 0.29) is 0 Å². The van der Waals surface area contributed by atoms with Crippen LogP contribution in [0.5, 0.6) is 0 Å². The Labute approximate surface area is 121 Å². The molecular weight excluding hydrogens is 248 g/mol. The van der Waals surface area contributed by atoms with Crippen molar-refractivity contribution in [1.29, 1.82) is 0 Å². The van der Waals surface area contributed by atoms with Gasteiger partial charge in [0.2, 0.25) is 0 Å². The SMILES string of the molecule is CN1CCN(CCCc2ccc3cnn(C)c3c2)CC1. The first-order valence-corrected chi connectivity index (χ1v) is 7.54. The summed E-state index contributed by atoms with van der Waals surface area (Å²) in [6.45, 7) is 6.08. The fraction of sp³-hybridized carbons (Fsp3) is 0.562. The number of likely N-dealkylation sites (N-methyl/N-ethyl adjacent to an activating group) is 1. The Hall–Kier alpha value is -1.39. The topological polar surface area (TPSA) is 24.3 Å². The molecule has 1 saturated heterocycles. The van der Waals surface area contributed by atoms with Crippen molar-refractivity contribution in [2.45, 2.75) is 12.8 Å². The number of fused-ring (bicyclic) bond motifs is 1. The van der Waals surface area contributed by atoms with E-state index in [1.54, 1.807) is 0 Å². The summed E-state index contributed by atoms with van der Waals surface area (Å²) in [4.78, 5) is 5.00. The molecule has 108 valence electrons. The predicted octanol–water partition coefficient (Wildman–Crippen LogP) is 1.75. The highest BCUT2D eigenvalue weighted by molar-refractivity contribution is 5.79. The zero-order valence-corrected chi connectivity index (χ0v) is 12.5. The van der Waals surface area contributed by atoms with Gasteiger partial charge in [0.05, 0.1) is 11.7 Å². The Bertz CT molecular complexity index is 567. The molecule has 0 radical (unpaired) electrons. The number of hydrogen-bond acceptors (Lipinski definition) is 3. The molecule has 0 bridgehead atoms. The first-order chi connectivity index (χ1) is 9.72. The smallest absolute Gasteiger partial charge is 0.0681 e. The number of nitrogens with zero attached hydrogens (tertiary/aromatic N) is 4. The molecule has 3 rings (SSSR count). The summed E-state index contributed by atoms with van der Waals surface area (Å²) < 4.78 is 1.96. The third-order valence-electron chi connectivity index (χ3n) is 4.35. The molecule has 1 aromatic heterocycles. The second-order valence-corrected chi connectivity index (χ2v) is 5.91. The highest BCUT2D eigenvalue weighted by Crippen LogP contribution is 2.16. The molecule has 20 heavy (non-hydrogen) atoms. The fourth-order valence-electron chi connectivity index (χ4n) is 2.92. The molecule has 0 aliphatic carbocycles. The Morgan fingerprint density at radius 3 is 2.70 bits per heavy atom. The molecular formula is C16H24N4. The lowest BCUT2D eigenvalue weighted by molar-refractivity contribution is 0.153. The molecule has 4 nitrogen and oxygen atoms in total. The highest BCUT2D eigenvalue weighted by atomic mass is 15.2. The normalized spacial score (nSPS) is 17.9. The summed E-state index contributed by atoms with van der Waals surface area (Å²) in [5, 5.41) is 5.53. The van der Waals surface area contributed by atoms with Crippen molar-refractivity contribution >= 4 is 10.9 Å². The van der Waals surface area contributed by atoms with Gasteiger partial charge < -0.3 is 9.80 Å². The number of benzene rings is 1. The van der Waals surface area contributed by atoms with Crippen LogP contribution < -0.4 is 0 Å². The number of aromatic nitrogens is 2. The number of piperazine rings is 1. The van der Waals surface area contributed by atoms with Crippen LogP contribution in [0.25, 0.3) is 10.9 Å². The zero-order chi connectivity index (χ0) is 13.9. The Morgan fingerprint density at radius 2 is 1.90 bits per heavy atom. The van der Waals surface area contributed by atoms with E-state index in [1.165, 1.54) is 55.6 Å². The summed E-state index contributed by atoms with van der Waals surface area (Å²) in [5.74, 6) is 0. The van der Waals surface area contributed by atoms with Gasteiger partial charge in [0.15, 0.2) is 0 Å². The van der Waals surface area contributed by atoms with E-state index in [9.17, 15) is 0 Å². The van der Waals surface area contributed by atoms with E-state index in [0.29, 0.717) is 0 Å². The van der Waals surface area contributed by atoms with Crippen molar-refractivity contribution in [2.75, 3.05) is 39.8 Å². The second-order valence-electron chi connectivity index (χ2n) is 5.91. The summed E-state index contributed by atoms with van der Waals surface area (Å²) in [6.07, 6.45) is 4.34. The van der Waals surface area contributed by atoms with Gasteiger partial charge in [-0.25, -0.2) is 0 Å². The predicted molar refractivity (Wildman–Crippen MR) is 83.0 cm³/mol. The van der Waals surface area contributed by atoms with Crippen molar-refractivity contribution in [2.24, 2.45) is 7.05 Å². The fourth-order valence-corrected chi connectivity index (χ4v) is 2.92. The largest absolute Gasteiger partial charge is 0.304 e. The highest BCUT2D eigenvalue weighted by Gasteiger charge is 2.12. The molecule has 0 unspecified atom stereocenters. The van der Waals surface area contributed by atoms with Crippen LogP contribution >= 0.6 is 0 Å². The molecule has 0 N–H and O–H groups in total. The second kappa shape index (κ2) is 5.94. The van der Waals surface area contributed by atoms with Gasteiger partial charge >= 0.3 is 0 Å². The van der Waals surface area contributed by atoms with Gasteiger partial charge in [0.25, 0.3) is 0 Å². The Morgan fingerprint density at radius 1 is 1.10 bits per heavy atom. The average molecular weight is 272 g/mol. The Kier molecular flexibility index (Phi) is 4.03. The van der Waals surface area contributed by atoms with Crippen LogP contribution in [0.4, 0.5) is 0 Å². The molecule has 0 atom stereocenters. The molecule has 0 saturated carbocycles. The Balaban J connectivity index is 1.53. The van der Waals surface area contributed by atoms with E-state index < -0.39 is 0 Å². The molecule has 1 aliphatic rings. The van der Waals surface area contributed by atoms with E-state index in [0.717, 1.165) is 6.42 Å². The lowest BCUT2D eigenvalue weighted by atomic mass is 10.1. The van der Waals surface area contributed by atoms with Gasteiger partial charge in [-0.2, -0.15) is 5.10 Å². The molecule has 2 aromatic rings. The molecule has 1 aromatic carbocycles. The molecule has 0 spiro atoms. The lowest BCUT2D eigenvalue weighted by Crippen LogP contribution is -2.44. The molecule has 1 aliphatic heterocycles. The van der Waals surface area contributed by atoms with Crippen LogP contribution in [-0.2, 0) is 13.5 Å². The first kappa shape index (κ1) is 13.6. The van der Waals surface area contributed by atoms with Gasteiger partial charge in [0, 0.05) is 38.6 Å². The number of aryl methyl sites for hydroxylation is 2. The lowest BCUT2D eigenvalue weighted by Gasteiger charge is -2.32. The van der Waals surface area contributed by atoms with E-state index in [2.05, 4.69) is 40.1 Å². The summed E-state index contributed by atoms with van der Waals surface area (Å²) >= 11 is 0. The summed E-state index contributed by atoms with van der Waals surface area (Å²) in [7, 11) is 4.22. The van der Waals surface area contributed by atoms with Crippen molar-refractivity contribution in [3.63, 3.8) is 0 Å².